The van der Waals surface area contributed by atoms with Gasteiger partial charge >= 0.3 is 0 Å². The highest BCUT2D eigenvalue weighted by molar-refractivity contribution is 5.81. The lowest BCUT2D eigenvalue weighted by Gasteiger charge is -2.34. The Morgan fingerprint density at radius 3 is 2.65 bits per heavy atom. The summed E-state index contributed by atoms with van der Waals surface area (Å²) in [6.45, 7) is 7.63. The van der Waals surface area contributed by atoms with Crippen molar-refractivity contribution in [2.24, 2.45) is 0 Å². The van der Waals surface area contributed by atoms with E-state index in [0.717, 1.165) is 32.2 Å². The van der Waals surface area contributed by atoms with Gasteiger partial charge in [-0.1, -0.05) is 13.8 Å². The van der Waals surface area contributed by atoms with Gasteiger partial charge in [-0.15, -0.1) is 0 Å². The molecule has 1 aliphatic heterocycles. The first-order valence-corrected chi connectivity index (χ1v) is 6.80. The number of aliphatic hydroxyl groups is 1. The van der Waals surface area contributed by atoms with Gasteiger partial charge in [0.05, 0.1) is 12.1 Å². The van der Waals surface area contributed by atoms with Crippen LogP contribution >= 0.6 is 0 Å². The Hall–Kier alpha value is -0.610. The Kier molecular flexibility index (Phi) is 5.92. The van der Waals surface area contributed by atoms with Gasteiger partial charge in [-0.3, -0.25) is 9.69 Å². The maximum Gasteiger partial charge on any atom is 0.237 e. The third kappa shape index (κ3) is 4.28. The summed E-state index contributed by atoms with van der Waals surface area (Å²) in [7, 11) is 0. The van der Waals surface area contributed by atoms with Crippen LogP contribution in [0.1, 0.15) is 46.5 Å². The molecule has 1 amide bonds. The van der Waals surface area contributed by atoms with Gasteiger partial charge in [0.25, 0.3) is 0 Å². The van der Waals surface area contributed by atoms with E-state index in [0.29, 0.717) is 6.54 Å². The summed E-state index contributed by atoms with van der Waals surface area (Å²) in [6, 6.07) is 0.144. The highest BCUT2D eigenvalue weighted by atomic mass is 16.3. The molecule has 0 aliphatic carbocycles. The second-order valence-electron chi connectivity index (χ2n) is 4.99. The molecule has 17 heavy (non-hydrogen) atoms. The lowest BCUT2D eigenvalue weighted by atomic mass is 10.1. The summed E-state index contributed by atoms with van der Waals surface area (Å²) in [5.41, 5.74) is 0. The number of β-amino-alcohol motifs (C(OH)–C–C–N with tert-alkyl or cyclic N) is 1. The van der Waals surface area contributed by atoms with Crippen molar-refractivity contribution in [1.29, 1.82) is 0 Å². The molecule has 0 saturated carbocycles. The third-order valence-corrected chi connectivity index (χ3v) is 3.69. The van der Waals surface area contributed by atoms with Crippen molar-refractivity contribution in [2.75, 3.05) is 13.1 Å². The SMILES string of the molecule is CCC(CC)NC(=O)C(C)N1CCC[C@H](O)C1. The molecule has 1 fully saturated rings. The van der Waals surface area contributed by atoms with Gasteiger partial charge in [0.1, 0.15) is 0 Å². The van der Waals surface area contributed by atoms with Gasteiger partial charge < -0.3 is 10.4 Å². The molecule has 1 saturated heterocycles. The highest BCUT2D eigenvalue weighted by Gasteiger charge is 2.26. The van der Waals surface area contributed by atoms with Crippen molar-refractivity contribution in [3.63, 3.8) is 0 Å². The Bertz CT molecular complexity index is 242. The largest absolute Gasteiger partial charge is 0.392 e. The number of carbonyl (C=O) groups excluding carboxylic acids is 1. The molecule has 0 bridgehead atoms. The average molecular weight is 242 g/mol. The minimum absolute atomic E-state index is 0.0906. The monoisotopic (exact) mass is 242 g/mol. The molecular formula is C13H26N2O2. The zero-order valence-electron chi connectivity index (χ0n) is 11.3. The van der Waals surface area contributed by atoms with Gasteiger partial charge in [-0.2, -0.15) is 0 Å². The number of piperidine rings is 1. The predicted molar refractivity (Wildman–Crippen MR) is 68.8 cm³/mol. The zero-order valence-corrected chi connectivity index (χ0v) is 11.3. The van der Waals surface area contributed by atoms with Crippen molar-refractivity contribution in [3.8, 4) is 0 Å². The standard InChI is InChI=1S/C13H26N2O2/c1-4-11(5-2)14-13(17)10(3)15-8-6-7-12(16)9-15/h10-12,16H,4-9H2,1-3H3,(H,14,17)/t10?,12-/m0/s1. The molecule has 0 aromatic rings. The summed E-state index contributed by atoms with van der Waals surface area (Å²) in [5.74, 6) is 0.0906. The predicted octanol–water partition coefficient (Wildman–Crippen LogP) is 1.14. The van der Waals surface area contributed by atoms with Crippen molar-refractivity contribution in [2.45, 2.75) is 64.6 Å². The van der Waals surface area contributed by atoms with Crippen LogP contribution in [0.5, 0.6) is 0 Å². The molecule has 100 valence electrons. The number of aliphatic hydroxyl groups excluding tert-OH is 1. The summed E-state index contributed by atoms with van der Waals surface area (Å²) in [4.78, 5) is 14.1. The zero-order chi connectivity index (χ0) is 12.8. The molecule has 1 rings (SSSR count). The van der Waals surface area contributed by atoms with Crippen molar-refractivity contribution in [3.05, 3.63) is 0 Å². The molecule has 4 nitrogen and oxygen atoms in total. The molecule has 1 unspecified atom stereocenters. The van der Waals surface area contributed by atoms with Crippen LogP contribution < -0.4 is 5.32 Å². The van der Waals surface area contributed by atoms with Gasteiger partial charge in [0, 0.05) is 12.6 Å². The molecule has 0 aromatic heterocycles. The van der Waals surface area contributed by atoms with E-state index in [9.17, 15) is 9.90 Å². The molecular weight excluding hydrogens is 216 g/mol. The van der Waals surface area contributed by atoms with Crippen molar-refractivity contribution in [1.82, 2.24) is 10.2 Å². The smallest absolute Gasteiger partial charge is 0.237 e. The Morgan fingerprint density at radius 1 is 1.47 bits per heavy atom. The average Bonchev–Trinajstić information content (AvgIpc) is 2.34. The van der Waals surface area contributed by atoms with E-state index in [1.54, 1.807) is 0 Å². The Labute approximate surface area is 104 Å². The number of hydrogen-bond donors (Lipinski definition) is 2. The van der Waals surface area contributed by atoms with E-state index in [4.69, 9.17) is 0 Å². The van der Waals surface area contributed by atoms with Crippen molar-refractivity contribution >= 4 is 5.91 Å². The highest BCUT2D eigenvalue weighted by Crippen LogP contribution is 2.13. The topological polar surface area (TPSA) is 52.6 Å². The number of nitrogens with one attached hydrogen (secondary N) is 1. The summed E-state index contributed by atoms with van der Waals surface area (Å²) in [5, 5.41) is 12.7. The van der Waals surface area contributed by atoms with Crippen LogP contribution in [0.25, 0.3) is 0 Å². The van der Waals surface area contributed by atoms with Crippen LogP contribution in [0.2, 0.25) is 0 Å². The normalized spacial score (nSPS) is 23.7. The van der Waals surface area contributed by atoms with E-state index in [1.807, 2.05) is 6.92 Å². The number of nitrogens with zero attached hydrogens (tertiary/aromatic N) is 1. The van der Waals surface area contributed by atoms with Crippen LogP contribution in [0.15, 0.2) is 0 Å². The van der Waals surface area contributed by atoms with Crippen LogP contribution in [0.4, 0.5) is 0 Å². The molecule has 0 spiro atoms. The van der Waals surface area contributed by atoms with Crippen LogP contribution in [-0.4, -0.2) is 47.2 Å². The number of likely N-dealkylation sites (tertiary alicyclic amines) is 1. The van der Waals surface area contributed by atoms with E-state index in [1.165, 1.54) is 0 Å². The minimum atomic E-state index is -0.271. The quantitative estimate of drug-likeness (QED) is 0.760. The maximum absolute atomic E-state index is 12.0. The minimum Gasteiger partial charge on any atom is -0.392 e. The Balaban J connectivity index is 2.45. The van der Waals surface area contributed by atoms with Gasteiger partial charge in [-0.25, -0.2) is 0 Å². The van der Waals surface area contributed by atoms with E-state index in [-0.39, 0.29) is 24.1 Å². The summed E-state index contributed by atoms with van der Waals surface area (Å²) in [6.07, 6.45) is 3.50. The molecule has 0 aromatic carbocycles. The number of carbonyl (C=O) groups is 1. The summed E-state index contributed by atoms with van der Waals surface area (Å²) >= 11 is 0. The molecule has 4 heteroatoms. The molecule has 1 aliphatic rings. The van der Waals surface area contributed by atoms with Gasteiger partial charge in [0.15, 0.2) is 0 Å². The van der Waals surface area contributed by atoms with Crippen molar-refractivity contribution < 1.29 is 9.90 Å². The number of amides is 1. The molecule has 2 atom stereocenters. The lowest BCUT2D eigenvalue weighted by Crippen LogP contribution is -2.51. The molecule has 0 radical (unpaired) electrons. The van der Waals surface area contributed by atoms with Crippen LogP contribution in [0, 0.1) is 0 Å². The number of rotatable bonds is 5. The first kappa shape index (κ1) is 14.5. The van der Waals surface area contributed by atoms with E-state index >= 15 is 0 Å². The fourth-order valence-corrected chi connectivity index (χ4v) is 2.32. The third-order valence-electron chi connectivity index (χ3n) is 3.69. The number of hydrogen-bond acceptors (Lipinski definition) is 3. The van der Waals surface area contributed by atoms with E-state index < -0.39 is 0 Å². The fourth-order valence-electron chi connectivity index (χ4n) is 2.32. The summed E-state index contributed by atoms with van der Waals surface area (Å²) < 4.78 is 0. The first-order chi connectivity index (χ1) is 8.08. The fraction of sp³-hybridized carbons (Fsp3) is 0.923. The van der Waals surface area contributed by atoms with Gasteiger partial charge in [0.2, 0.25) is 5.91 Å². The second kappa shape index (κ2) is 6.97. The van der Waals surface area contributed by atoms with E-state index in [2.05, 4.69) is 24.1 Å². The van der Waals surface area contributed by atoms with Gasteiger partial charge in [-0.05, 0) is 39.2 Å². The van der Waals surface area contributed by atoms with Crippen LogP contribution in [-0.2, 0) is 4.79 Å². The van der Waals surface area contributed by atoms with Crippen LogP contribution in [0.3, 0.4) is 0 Å². The maximum atomic E-state index is 12.0. The first-order valence-electron chi connectivity index (χ1n) is 6.80. The lowest BCUT2D eigenvalue weighted by molar-refractivity contribution is -0.127. The molecule has 1 heterocycles. The molecule has 2 N–H and O–H groups in total. The Morgan fingerprint density at radius 2 is 2.12 bits per heavy atom. The second-order valence-corrected chi connectivity index (χ2v) is 4.99.